The molecule has 4 rings (SSSR count). The van der Waals surface area contributed by atoms with Crippen molar-refractivity contribution in [1.29, 1.82) is 0 Å². The molecular weight excluding hydrogens is 478 g/mol. The molecule has 0 aromatic heterocycles. The van der Waals surface area contributed by atoms with Crippen LogP contribution in [0.5, 0.6) is 0 Å². The van der Waals surface area contributed by atoms with Crippen molar-refractivity contribution < 1.29 is 18.8 Å². The second kappa shape index (κ2) is 11.4. The molecule has 1 fully saturated rings. The SMILES string of the molecule is COC(=O)N1CC[C@@H](O[Si](c2ccccc2)(c2ccccc2)C(C)(C)C)C[C@H]1CC(=O)c1ccccc1. The molecule has 1 aliphatic rings. The molecular formula is C31H37NO4Si. The van der Waals surface area contributed by atoms with Gasteiger partial charge < -0.3 is 14.1 Å². The van der Waals surface area contributed by atoms with Crippen LogP contribution in [0.2, 0.25) is 5.04 Å². The molecule has 2 atom stereocenters. The number of rotatable bonds is 7. The molecule has 0 saturated carbocycles. The molecule has 3 aromatic rings. The van der Waals surface area contributed by atoms with Crippen LogP contribution in [0.15, 0.2) is 91.0 Å². The van der Waals surface area contributed by atoms with Crippen molar-refractivity contribution in [2.45, 2.75) is 57.2 Å². The highest BCUT2D eigenvalue weighted by atomic mass is 28.4. The number of carbonyl (C=O) groups is 2. The molecule has 5 nitrogen and oxygen atoms in total. The van der Waals surface area contributed by atoms with Gasteiger partial charge >= 0.3 is 6.09 Å². The molecule has 0 radical (unpaired) electrons. The molecule has 1 amide bonds. The highest BCUT2D eigenvalue weighted by molar-refractivity contribution is 6.99. The van der Waals surface area contributed by atoms with Crippen molar-refractivity contribution in [2.24, 2.45) is 0 Å². The monoisotopic (exact) mass is 515 g/mol. The maximum Gasteiger partial charge on any atom is 0.409 e. The summed E-state index contributed by atoms with van der Waals surface area (Å²) < 4.78 is 12.4. The third kappa shape index (κ3) is 5.70. The van der Waals surface area contributed by atoms with Crippen molar-refractivity contribution in [3.8, 4) is 0 Å². The van der Waals surface area contributed by atoms with Crippen LogP contribution in [0, 0.1) is 0 Å². The number of likely N-dealkylation sites (tertiary alicyclic amines) is 1. The lowest BCUT2D eigenvalue weighted by atomic mass is 9.93. The van der Waals surface area contributed by atoms with E-state index in [1.54, 1.807) is 4.90 Å². The summed E-state index contributed by atoms with van der Waals surface area (Å²) in [6.07, 6.45) is 1.02. The van der Waals surface area contributed by atoms with Crippen LogP contribution < -0.4 is 10.4 Å². The van der Waals surface area contributed by atoms with Gasteiger partial charge in [-0.1, -0.05) is 112 Å². The number of ether oxygens (including phenoxy) is 1. The van der Waals surface area contributed by atoms with E-state index in [0.717, 1.165) is 0 Å². The van der Waals surface area contributed by atoms with Gasteiger partial charge in [-0.2, -0.15) is 0 Å². The fraction of sp³-hybridized carbons (Fsp3) is 0.355. The minimum Gasteiger partial charge on any atom is -0.453 e. The van der Waals surface area contributed by atoms with Crippen LogP contribution in [0.25, 0.3) is 0 Å². The van der Waals surface area contributed by atoms with Gasteiger partial charge in [0.1, 0.15) is 0 Å². The van der Waals surface area contributed by atoms with Gasteiger partial charge in [-0.05, 0) is 28.3 Å². The Hall–Kier alpha value is -3.22. The van der Waals surface area contributed by atoms with Gasteiger partial charge in [0.15, 0.2) is 5.78 Å². The largest absolute Gasteiger partial charge is 0.453 e. The third-order valence-electron chi connectivity index (χ3n) is 7.35. The first kappa shape index (κ1) is 26.8. The van der Waals surface area contributed by atoms with Gasteiger partial charge in [-0.15, -0.1) is 0 Å². The summed E-state index contributed by atoms with van der Waals surface area (Å²) in [7, 11) is -1.36. The smallest absolute Gasteiger partial charge is 0.409 e. The zero-order valence-electron chi connectivity index (χ0n) is 22.2. The van der Waals surface area contributed by atoms with Gasteiger partial charge in [-0.3, -0.25) is 4.79 Å². The van der Waals surface area contributed by atoms with Crippen molar-refractivity contribution in [3.05, 3.63) is 96.6 Å². The van der Waals surface area contributed by atoms with Crippen LogP contribution in [-0.4, -0.2) is 50.9 Å². The predicted molar refractivity (Wildman–Crippen MR) is 150 cm³/mol. The molecule has 0 aliphatic carbocycles. The van der Waals surface area contributed by atoms with Crippen LogP contribution in [0.4, 0.5) is 4.79 Å². The van der Waals surface area contributed by atoms with E-state index in [1.807, 2.05) is 42.5 Å². The number of benzene rings is 3. The molecule has 6 heteroatoms. The summed E-state index contributed by atoms with van der Waals surface area (Å²) in [5.74, 6) is 0.0191. The molecule has 1 saturated heterocycles. The molecule has 0 unspecified atom stereocenters. The lowest BCUT2D eigenvalue weighted by Crippen LogP contribution is -2.68. The van der Waals surface area contributed by atoms with Crippen LogP contribution in [-0.2, 0) is 9.16 Å². The second-order valence-electron chi connectivity index (χ2n) is 10.7. The fourth-order valence-corrected chi connectivity index (χ4v) is 10.3. The maximum absolute atomic E-state index is 13.2. The Balaban J connectivity index is 1.69. The second-order valence-corrected chi connectivity index (χ2v) is 15.0. The number of carbonyl (C=O) groups excluding carboxylic acids is 2. The van der Waals surface area contributed by atoms with Gasteiger partial charge in [-0.25, -0.2) is 4.79 Å². The van der Waals surface area contributed by atoms with Crippen molar-refractivity contribution in [3.63, 3.8) is 0 Å². The first-order chi connectivity index (χ1) is 17.8. The summed E-state index contributed by atoms with van der Waals surface area (Å²) in [5.41, 5.74) is 0.655. The molecule has 1 heterocycles. The van der Waals surface area contributed by atoms with Crippen molar-refractivity contribution >= 4 is 30.6 Å². The van der Waals surface area contributed by atoms with E-state index < -0.39 is 14.4 Å². The normalized spacial score (nSPS) is 18.3. The summed E-state index contributed by atoms with van der Waals surface area (Å²) >= 11 is 0. The number of nitrogens with zero attached hydrogens (tertiary/aromatic N) is 1. The minimum absolute atomic E-state index is 0.0191. The minimum atomic E-state index is -2.75. The Labute approximate surface area is 221 Å². The molecule has 3 aromatic carbocycles. The third-order valence-corrected chi connectivity index (χ3v) is 12.4. The Kier molecular flexibility index (Phi) is 8.30. The van der Waals surface area contributed by atoms with E-state index in [4.69, 9.17) is 9.16 Å². The highest BCUT2D eigenvalue weighted by Gasteiger charge is 2.52. The van der Waals surface area contributed by atoms with E-state index in [1.165, 1.54) is 17.5 Å². The topological polar surface area (TPSA) is 55.8 Å². The van der Waals surface area contributed by atoms with E-state index in [-0.39, 0.29) is 29.4 Å². The number of amides is 1. The molecule has 1 aliphatic heterocycles. The predicted octanol–water partition coefficient (Wildman–Crippen LogP) is 5.44. The van der Waals surface area contributed by atoms with Gasteiger partial charge in [0.2, 0.25) is 0 Å². The van der Waals surface area contributed by atoms with Crippen LogP contribution in [0.3, 0.4) is 0 Å². The molecule has 0 bridgehead atoms. The lowest BCUT2D eigenvalue weighted by Gasteiger charge is -2.47. The molecule has 0 N–H and O–H groups in total. The number of Topliss-reactive ketones (excluding diaryl/α,β-unsaturated/α-hetero) is 1. The van der Waals surface area contributed by atoms with E-state index in [2.05, 4.69) is 69.3 Å². The zero-order valence-corrected chi connectivity index (χ0v) is 23.2. The first-order valence-electron chi connectivity index (χ1n) is 13.0. The van der Waals surface area contributed by atoms with Crippen LogP contribution >= 0.6 is 0 Å². The number of methoxy groups -OCH3 is 1. The summed E-state index contributed by atoms with van der Waals surface area (Å²) in [5, 5.41) is 2.30. The Bertz CT molecular complexity index is 1140. The summed E-state index contributed by atoms with van der Waals surface area (Å²) in [6.45, 7) is 7.28. The number of hydrogen-bond acceptors (Lipinski definition) is 4. The standard InChI is InChI=1S/C31H37NO4Si/c1-31(2,3)37(27-16-10-6-11-17-27,28-18-12-7-13-19-28)36-26-20-21-32(30(34)35-4)25(22-26)23-29(33)24-14-8-5-9-15-24/h5-19,25-26H,20-23H2,1-4H3/t25-,26+/m0/s1. The molecule has 37 heavy (non-hydrogen) atoms. The van der Waals surface area contributed by atoms with Gasteiger partial charge in [0, 0.05) is 30.7 Å². The average Bonchev–Trinajstić information content (AvgIpc) is 2.92. The zero-order chi connectivity index (χ0) is 26.5. The average molecular weight is 516 g/mol. The quantitative estimate of drug-likeness (QED) is 0.311. The molecule has 0 spiro atoms. The Morgan fingerprint density at radius 3 is 1.86 bits per heavy atom. The number of piperidine rings is 1. The highest BCUT2D eigenvalue weighted by Crippen LogP contribution is 2.39. The maximum atomic E-state index is 13.2. The van der Waals surface area contributed by atoms with E-state index in [9.17, 15) is 9.59 Å². The lowest BCUT2D eigenvalue weighted by molar-refractivity contribution is 0.0392. The van der Waals surface area contributed by atoms with E-state index in [0.29, 0.717) is 24.9 Å². The van der Waals surface area contributed by atoms with Crippen LogP contribution in [0.1, 0.15) is 50.4 Å². The summed E-state index contributed by atoms with van der Waals surface area (Å²) in [6, 6.07) is 30.1. The Morgan fingerprint density at radius 1 is 0.865 bits per heavy atom. The van der Waals surface area contributed by atoms with E-state index >= 15 is 0 Å². The number of hydrogen-bond donors (Lipinski definition) is 0. The first-order valence-corrected chi connectivity index (χ1v) is 14.9. The van der Waals surface area contributed by atoms with Crippen molar-refractivity contribution in [2.75, 3.05) is 13.7 Å². The van der Waals surface area contributed by atoms with Gasteiger partial charge in [0.05, 0.1) is 7.11 Å². The van der Waals surface area contributed by atoms with Gasteiger partial charge in [0.25, 0.3) is 8.32 Å². The fourth-order valence-electron chi connectivity index (χ4n) is 5.57. The molecule has 194 valence electrons. The van der Waals surface area contributed by atoms with Crippen molar-refractivity contribution in [1.82, 2.24) is 4.90 Å². The number of ketones is 1. The Morgan fingerprint density at radius 2 is 1.38 bits per heavy atom. The summed E-state index contributed by atoms with van der Waals surface area (Å²) in [4.78, 5) is 27.5.